The number of fused-ring (bicyclic) bond motifs is 1. The van der Waals surface area contributed by atoms with Crippen molar-refractivity contribution in [2.45, 2.75) is 19.1 Å². The molecule has 0 spiro atoms. The van der Waals surface area contributed by atoms with E-state index < -0.39 is 17.9 Å². The highest BCUT2D eigenvalue weighted by Gasteiger charge is 2.24. The molecule has 1 aliphatic rings. The number of hydrogen-bond acceptors (Lipinski definition) is 9. The molecule has 138 valence electrons. The molecule has 3 rings (SSSR count). The number of ether oxygens (including phenoxy) is 3. The zero-order valence-electron chi connectivity index (χ0n) is 14.1. The fraction of sp³-hybridized carbons (Fsp3) is 0.400. The molecular formula is C15H17N5O6. The summed E-state index contributed by atoms with van der Waals surface area (Å²) in [7, 11) is 2.52. The Morgan fingerprint density at radius 3 is 2.65 bits per heavy atom. The van der Waals surface area contributed by atoms with Gasteiger partial charge in [-0.15, -0.1) is 0 Å². The Hall–Kier alpha value is -3.21. The maximum Gasteiger partial charge on any atom is 0.358 e. The number of nitrogens with one attached hydrogen (secondary N) is 2. The van der Waals surface area contributed by atoms with Crippen molar-refractivity contribution in [3.05, 3.63) is 34.9 Å². The summed E-state index contributed by atoms with van der Waals surface area (Å²) in [6.45, 7) is 0.973. The molecule has 2 aromatic rings. The van der Waals surface area contributed by atoms with E-state index in [1.54, 1.807) is 10.7 Å². The Labute approximate surface area is 147 Å². The molecule has 1 atom stereocenters. The molecular weight excluding hydrogens is 346 g/mol. The van der Waals surface area contributed by atoms with Crippen LogP contribution in [0.2, 0.25) is 0 Å². The van der Waals surface area contributed by atoms with E-state index in [0.717, 1.165) is 5.69 Å². The molecule has 0 fully saturated rings. The Bertz CT molecular complexity index is 841. The lowest BCUT2D eigenvalue weighted by Gasteiger charge is -2.24. The van der Waals surface area contributed by atoms with Gasteiger partial charge in [0.2, 0.25) is 0 Å². The van der Waals surface area contributed by atoms with Gasteiger partial charge in [0, 0.05) is 12.6 Å². The molecule has 0 amide bonds. The predicted molar refractivity (Wildman–Crippen MR) is 84.4 cm³/mol. The first kappa shape index (κ1) is 17.6. The normalized spacial score (nSPS) is 15.8. The molecule has 3 heterocycles. The van der Waals surface area contributed by atoms with E-state index in [4.69, 9.17) is 4.74 Å². The van der Waals surface area contributed by atoms with E-state index in [9.17, 15) is 14.4 Å². The number of rotatable bonds is 5. The summed E-state index contributed by atoms with van der Waals surface area (Å²) in [5, 5.41) is 13.5. The van der Waals surface area contributed by atoms with E-state index >= 15 is 0 Å². The third-order valence-corrected chi connectivity index (χ3v) is 3.83. The number of aromatic amines is 1. The maximum absolute atomic E-state index is 12.0. The molecule has 0 radical (unpaired) electrons. The van der Waals surface area contributed by atoms with E-state index in [-0.39, 0.29) is 29.7 Å². The minimum absolute atomic E-state index is 0.0195. The van der Waals surface area contributed by atoms with Crippen molar-refractivity contribution in [1.29, 1.82) is 0 Å². The second-order valence-electron chi connectivity index (χ2n) is 5.53. The number of carbonyl (C=O) groups is 3. The van der Waals surface area contributed by atoms with Crippen molar-refractivity contribution in [3.8, 4) is 0 Å². The van der Waals surface area contributed by atoms with Crippen molar-refractivity contribution >= 4 is 17.9 Å². The van der Waals surface area contributed by atoms with Crippen LogP contribution in [-0.4, -0.2) is 64.8 Å². The van der Waals surface area contributed by atoms with Gasteiger partial charge in [0.1, 0.15) is 12.3 Å². The highest BCUT2D eigenvalue weighted by Crippen LogP contribution is 2.12. The molecule has 0 saturated heterocycles. The first-order chi connectivity index (χ1) is 12.5. The number of aromatic nitrogens is 4. The van der Waals surface area contributed by atoms with Crippen LogP contribution in [0.1, 0.15) is 37.2 Å². The smallest absolute Gasteiger partial charge is 0.358 e. The number of methoxy groups -OCH3 is 2. The number of hydrogen-bond donors (Lipinski definition) is 2. The number of carbonyl (C=O) groups excluding carboxylic acids is 3. The van der Waals surface area contributed by atoms with Crippen molar-refractivity contribution in [2.24, 2.45) is 0 Å². The molecule has 0 bridgehead atoms. The summed E-state index contributed by atoms with van der Waals surface area (Å²) in [5.41, 5.74) is 1.11. The first-order valence-electron chi connectivity index (χ1n) is 7.71. The molecule has 11 heteroatoms. The first-order valence-corrected chi connectivity index (χ1v) is 7.71. The van der Waals surface area contributed by atoms with Crippen molar-refractivity contribution in [3.63, 3.8) is 0 Å². The number of esters is 3. The summed E-state index contributed by atoms with van der Waals surface area (Å²) < 4.78 is 16.1. The fourth-order valence-electron chi connectivity index (χ4n) is 2.49. The lowest BCUT2D eigenvalue weighted by Crippen LogP contribution is -2.42. The third-order valence-electron chi connectivity index (χ3n) is 3.83. The minimum atomic E-state index is -0.667. The Balaban J connectivity index is 1.56. The number of H-pyrrole nitrogens is 1. The summed E-state index contributed by atoms with van der Waals surface area (Å²) in [6.07, 6.45) is 0. The van der Waals surface area contributed by atoms with Crippen LogP contribution in [0.5, 0.6) is 0 Å². The van der Waals surface area contributed by atoms with Crippen molar-refractivity contribution in [1.82, 2.24) is 25.3 Å². The van der Waals surface area contributed by atoms with Crippen LogP contribution in [-0.2, 0) is 27.3 Å². The molecule has 11 nitrogen and oxygen atoms in total. The fourth-order valence-corrected chi connectivity index (χ4v) is 2.49. The predicted octanol–water partition coefficient (Wildman–Crippen LogP) is -0.492. The van der Waals surface area contributed by atoms with Crippen molar-refractivity contribution < 1.29 is 28.6 Å². The standard InChI is InChI=1S/C15H17N5O6/c1-24-13(21)10-4-11(18-17-10)15(23)26-7-8-6-20-9(5-16-8)3-12(19-20)14(22)25-2/h3-4,8,16H,5-7H2,1-2H3,(H,17,18). The van der Waals surface area contributed by atoms with Crippen LogP contribution in [0.3, 0.4) is 0 Å². The zero-order valence-corrected chi connectivity index (χ0v) is 14.1. The maximum atomic E-state index is 12.0. The molecule has 26 heavy (non-hydrogen) atoms. The van der Waals surface area contributed by atoms with Gasteiger partial charge in [0.05, 0.1) is 32.5 Å². The molecule has 0 aromatic carbocycles. The Kier molecular flexibility index (Phi) is 4.98. The van der Waals surface area contributed by atoms with Gasteiger partial charge in [-0.2, -0.15) is 10.2 Å². The second-order valence-corrected chi connectivity index (χ2v) is 5.53. The van der Waals surface area contributed by atoms with Gasteiger partial charge in [-0.1, -0.05) is 0 Å². The SMILES string of the molecule is COC(=O)c1cc2n(n1)CC(COC(=O)c1cc(C(=O)OC)[nH]n1)NC2. The highest BCUT2D eigenvalue weighted by molar-refractivity contribution is 5.92. The molecule has 1 unspecified atom stereocenters. The van der Waals surface area contributed by atoms with Crippen LogP contribution < -0.4 is 5.32 Å². The van der Waals surface area contributed by atoms with Crippen LogP contribution >= 0.6 is 0 Å². The average molecular weight is 363 g/mol. The average Bonchev–Trinajstić information content (AvgIpc) is 3.31. The van der Waals surface area contributed by atoms with Crippen LogP contribution in [0.25, 0.3) is 0 Å². The lowest BCUT2D eigenvalue weighted by atomic mass is 10.2. The minimum Gasteiger partial charge on any atom is -0.464 e. The molecule has 0 saturated carbocycles. The van der Waals surface area contributed by atoms with E-state index in [0.29, 0.717) is 13.1 Å². The van der Waals surface area contributed by atoms with Gasteiger partial charge in [0.25, 0.3) is 0 Å². The van der Waals surface area contributed by atoms with Gasteiger partial charge in [0.15, 0.2) is 11.4 Å². The molecule has 2 aromatic heterocycles. The van der Waals surface area contributed by atoms with E-state index in [1.807, 2.05) is 0 Å². The zero-order chi connectivity index (χ0) is 18.7. The van der Waals surface area contributed by atoms with Gasteiger partial charge < -0.3 is 19.5 Å². The topological polar surface area (TPSA) is 137 Å². The monoisotopic (exact) mass is 363 g/mol. The molecule has 0 aliphatic carbocycles. The lowest BCUT2D eigenvalue weighted by molar-refractivity contribution is 0.0438. The van der Waals surface area contributed by atoms with Crippen LogP contribution in [0.15, 0.2) is 12.1 Å². The van der Waals surface area contributed by atoms with Gasteiger partial charge >= 0.3 is 17.9 Å². The summed E-state index contributed by atoms with van der Waals surface area (Å²) in [5.74, 6) is -1.80. The summed E-state index contributed by atoms with van der Waals surface area (Å²) in [4.78, 5) is 34.9. The summed E-state index contributed by atoms with van der Waals surface area (Å²) in [6, 6.07) is 2.73. The van der Waals surface area contributed by atoms with Crippen LogP contribution in [0.4, 0.5) is 0 Å². The number of nitrogens with zero attached hydrogens (tertiary/aromatic N) is 3. The molecule has 2 N–H and O–H groups in total. The third kappa shape index (κ3) is 3.57. The van der Waals surface area contributed by atoms with Crippen molar-refractivity contribution in [2.75, 3.05) is 20.8 Å². The molecule has 1 aliphatic heterocycles. The second kappa shape index (κ2) is 7.35. The van der Waals surface area contributed by atoms with Gasteiger partial charge in [-0.25, -0.2) is 14.4 Å². The summed E-state index contributed by atoms with van der Waals surface area (Å²) >= 11 is 0. The van der Waals surface area contributed by atoms with E-state index in [2.05, 4.69) is 30.1 Å². The van der Waals surface area contributed by atoms with Gasteiger partial charge in [-0.05, 0) is 6.07 Å². The largest absolute Gasteiger partial charge is 0.464 e. The quantitative estimate of drug-likeness (QED) is 0.532. The van der Waals surface area contributed by atoms with Gasteiger partial charge in [-0.3, -0.25) is 9.78 Å². The Morgan fingerprint density at radius 1 is 1.15 bits per heavy atom. The van der Waals surface area contributed by atoms with E-state index in [1.165, 1.54) is 20.3 Å². The highest BCUT2D eigenvalue weighted by atomic mass is 16.5. The van der Waals surface area contributed by atoms with Crippen LogP contribution in [0, 0.1) is 0 Å². The Morgan fingerprint density at radius 2 is 1.92 bits per heavy atom.